The zero-order chi connectivity index (χ0) is 15.9. The lowest BCUT2D eigenvalue weighted by Gasteiger charge is -2.22. The van der Waals surface area contributed by atoms with Gasteiger partial charge >= 0.3 is 11.8 Å². The summed E-state index contributed by atoms with van der Waals surface area (Å²) in [6.07, 6.45) is 1.86. The molecule has 0 spiro atoms. The summed E-state index contributed by atoms with van der Waals surface area (Å²) in [7, 11) is 0. The van der Waals surface area contributed by atoms with E-state index in [1.165, 1.54) is 11.8 Å². The van der Waals surface area contributed by atoms with E-state index < -0.39 is 17.4 Å². The lowest BCUT2D eigenvalue weighted by Crippen LogP contribution is -2.47. The van der Waals surface area contributed by atoms with Gasteiger partial charge in [0, 0.05) is 23.9 Å². The molecule has 0 radical (unpaired) electrons. The maximum atomic E-state index is 11.6. The van der Waals surface area contributed by atoms with Crippen molar-refractivity contribution < 1.29 is 14.7 Å². The van der Waals surface area contributed by atoms with Gasteiger partial charge in [0.1, 0.15) is 0 Å². The van der Waals surface area contributed by atoms with Gasteiger partial charge in [-0.3, -0.25) is 9.59 Å². The van der Waals surface area contributed by atoms with Crippen LogP contribution in [0.5, 0.6) is 0 Å². The molecule has 1 aromatic rings. The molecule has 0 aliphatic heterocycles. The van der Waals surface area contributed by atoms with E-state index in [-0.39, 0.29) is 13.1 Å². The van der Waals surface area contributed by atoms with Gasteiger partial charge in [-0.1, -0.05) is 23.7 Å². The lowest BCUT2D eigenvalue weighted by atomic mass is 10.1. The number of rotatable bonds is 6. The fourth-order valence-electron chi connectivity index (χ4n) is 1.58. The average Bonchev–Trinajstić information content (AvgIpc) is 2.44. The quantitative estimate of drug-likeness (QED) is 0.685. The van der Waals surface area contributed by atoms with Crippen LogP contribution >= 0.6 is 23.4 Å². The lowest BCUT2D eigenvalue weighted by molar-refractivity contribution is -0.139. The Morgan fingerprint density at radius 1 is 1.24 bits per heavy atom. The number of amides is 2. The molecule has 1 unspecified atom stereocenters. The molecule has 116 valence electrons. The number of nitrogens with one attached hydrogen (secondary N) is 2. The van der Waals surface area contributed by atoms with Crippen molar-refractivity contribution in [1.29, 1.82) is 0 Å². The summed E-state index contributed by atoms with van der Waals surface area (Å²) < 4.78 is 0. The first-order valence-corrected chi connectivity index (χ1v) is 8.13. The first-order valence-electron chi connectivity index (χ1n) is 6.36. The highest BCUT2D eigenvalue weighted by atomic mass is 35.5. The molecule has 1 atom stereocenters. The maximum Gasteiger partial charge on any atom is 0.309 e. The average molecular weight is 331 g/mol. The largest absolute Gasteiger partial charge is 0.387 e. The molecular weight excluding hydrogens is 312 g/mol. The third-order valence-electron chi connectivity index (χ3n) is 2.66. The number of hydrogen-bond donors (Lipinski definition) is 3. The summed E-state index contributed by atoms with van der Waals surface area (Å²) in [5.41, 5.74) is -0.194. The molecule has 0 fully saturated rings. The van der Waals surface area contributed by atoms with Gasteiger partial charge in [0.15, 0.2) is 0 Å². The van der Waals surface area contributed by atoms with Gasteiger partial charge in [-0.25, -0.2) is 0 Å². The minimum atomic E-state index is -1.04. The Morgan fingerprint density at radius 3 is 2.38 bits per heavy atom. The van der Waals surface area contributed by atoms with E-state index in [9.17, 15) is 14.7 Å². The highest BCUT2D eigenvalue weighted by molar-refractivity contribution is 7.98. The number of carbonyl (C=O) groups excluding carboxylic acids is 2. The van der Waals surface area contributed by atoms with Gasteiger partial charge in [0.2, 0.25) is 0 Å². The smallest absolute Gasteiger partial charge is 0.309 e. The highest BCUT2D eigenvalue weighted by Crippen LogP contribution is 2.09. The topological polar surface area (TPSA) is 78.4 Å². The van der Waals surface area contributed by atoms with Crippen LogP contribution < -0.4 is 10.6 Å². The van der Waals surface area contributed by atoms with E-state index in [1.807, 2.05) is 6.26 Å². The Kier molecular flexibility index (Phi) is 7.01. The molecule has 0 heterocycles. The molecule has 0 bridgehead atoms. The van der Waals surface area contributed by atoms with Crippen LogP contribution in [0.1, 0.15) is 12.5 Å². The molecule has 0 saturated carbocycles. The summed E-state index contributed by atoms with van der Waals surface area (Å²) in [6.45, 7) is 1.88. The minimum absolute atomic E-state index is 0.0288. The fourth-order valence-corrected chi connectivity index (χ4v) is 2.43. The molecule has 0 aromatic heterocycles. The summed E-state index contributed by atoms with van der Waals surface area (Å²) in [4.78, 5) is 23.2. The summed E-state index contributed by atoms with van der Waals surface area (Å²) >= 11 is 7.22. The SMILES string of the molecule is CSCC(C)(O)CNC(=O)C(=O)NCc1ccc(Cl)cc1. The molecule has 2 amide bonds. The van der Waals surface area contributed by atoms with Crippen LogP contribution in [0.25, 0.3) is 0 Å². The molecule has 1 rings (SSSR count). The van der Waals surface area contributed by atoms with Crippen molar-refractivity contribution in [2.45, 2.75) is 19.1 Å². The van der Waals surface area contributed by atoms with Crippen LogP contribution in [0, 0.1) is 0 Å². The Labute approximate surface area is 133 Å². The van der Waals surface area contributed by atoms with Gasteiger partial charge < -0.3 is 15.7 Å². The standard InChI is InChI=1S/C14H19ClN2O3S/c1-14(20,9-21-2)8-17-13(19)12(18)16-7-10-3-5-11(15)6-4-10/h3-6,20H,7-9H2,1-2H3,(H,16,18)(H,17,19). The molecular formula is C14H19ClN2O3S. The van der Waals surface area contributed by atoms with Crippen molar-refractivity contribution in [3.05, 3.63) is 34.9 Å². The van der Waals surface area contributed by atoms with Crippen LogP contribution in [0.15, 0.2) is 24.3 Å². The number of thioether (sulfide) groups is 1. The first-order chi connectivity index (χ1) is 9.84. The van der Waals surface area contributed by atoms with Crippen LogP contribution in [0.2, 0.25) is 5.02 Å². The predicted molar refractivity (Wildman–Crippen MR) is 85.3 cm³/mol. The van der Waals surface area contributed by atoms with Crippen molar-refractivity contribution in [2.24, 2.45) is 0 Å². The van der Waals surface area contributed by atoms with E-state index >= 15 is 0 Å². The summed E-state index contributed by atoms with van der Waals surface area (Å²) in [6, 6.07) is 6.96. The number of carbonyl (C=O) groups is 2. The van der Waals surface area contributed by atoms with Crippen molar-refractivity contribution in [3.63, 3.8) is 0 Å². The minimum Gasteiger partial charge on any atom is -0.387 e. The molecule has 3 N–H and O–H groups in total. The number of hydrogen-bond acceptors (Lipinski definition) is 4. The molecule has 0 aliphatic carbocycles. The molecule has 21 heavy (non-hydrogen) atoms. The summed E-state index contributed by atoms with van der Waals surface area (Å²) in [5, 5.41) is 15.4. The normalized spacial score (nSPS) is 13.3. The third-order valence-corrected chi connectivity index (χ3v) is 3.82. The van der Waals surface area contributed by atoms with Crippen LogP contribution in [0.4, 0.5) is 0 Å². The highest BCUT2D eigenvalue weighted by Gasteiger charge is 2.22. The van der Waals surface area contributed by atoms with E-state index in [1.54, 1.807) is 31.2 Å². The van der Waals surface area contributed by atoms with Crippen LogP contribution in [0.3, 0.4) is 0 Å². The van der Waals surface area contributed by atoms with E-state index in [2.05, 4.69) is 10.6 Å². The molecule has 5 nitrogen and oxygen atoms in total. The van der Waals surface area contributed by atoms with Crippen molar-refractivity contribution in [1.82, 2.24) is 10.6 Å². The van der Waals surface area contributed by atoms with Crippen molar-refractivity contribution >= 4 is 35.2 Å². The number of aliphatic hydroxyl groups is 1. The molecule has 1 aromatic carbocycles. The van der Waals surface area contributed by atoms with Crippen LogP contribution in [-0.4, -0.2) is 41.1 Å². The Balaban J connectivity index is 2.37. The predicted octanol–water partition coefficient (Wildman–Crippen LogP) is 1.19. The van der Waals surface area contributed by atoms with Gasteiger partial charge in [-0.2, -0.15) is 11.8 Å². The second kappa shape index (κ2) is 8.26. The maximum absolute atomic E-state index is 11.6. The number of halogens is 1. The fraction of sp³-hybridized carbons (Fsp3) is 0.429. The number of benzene rings is 1. The van der Waals surface area contributed by atoms with Crippen molar-refractivity contribution in [2.75, 3.05) is 18.6 Å². The second-order valence-electron chi connectivity index (χ2n) is 4.92. The van der Waals surface area contributed by atoms with Gasteiger partial charge in [0.05, 0.1) is 5.60 Å². The van der Waals surface area contributed by atoms with E-state index in [0.717, 1.165) is 5.56 Å². The Bertz CT molecular complexity index is 491. The van der Waals surface area contributed by atoms with Crippen molar-refractivity contribution in [3.8, 4) is 0 Å². The zero-order valence-corrected chi connectivity index (χ0v) is 13.6. The zero-order valence-electron chi connectivity index (χ0n) is 12.0. The van der Waals surface area contributed by atoms with Gasteiger partial charge in [0.25, 0.3) is 0 Å². The summed E-state index contributed by atoms with van der Waals surface area (Å²) in [5.74, 6) is -1.02. The monoisotopic (exact) mass is 330 g/mol. The van der Waals surface area contributed by atoms with E-state index in [0.29, 0.717) is 10.8 Å². The molecule has 0 saturated heterocycles. The van der Waals surface area contributed by atoms with Gasteiger partial charge in [-0.05, 0) is 30.9 Å². The van der Waals surface area contributed by atoms with Crippen LogP contribution in [-0.2, 0) is 16.1 Å². The molecule has 0 aliphatic rings. The Morgan fingerprint density at radius 2 is 1.81 bits per heavy atom. The third kappa shape index (κ3) is 6.84. The van der Waals surface area contributed by atoms with Gasteiger partial charge in [-0.15, -0.1) is 0 Å². The molecule has 7 heteroatoms. The Hall–Kier alpha value is -1.24. The first kappa shape index (κ1) is 17.8. The second-order valence-corrected chi connectivity index (χ2v) is 6.22. The van der Waals surface area contributed by atoms with E-state index in [4.69, 9.17) is 11.6 Å².